The average molecular weight is 320 g/mol. The molecule has 0 radical (unpaired) electrons. The Kier molecular flexibility index (Phi) is 8.89. The summed E-state index contributed by atoms with van der Waals surface area (Å²) >= 11 is 0. The fraction of sp³-hybridized carbons (Fsp3) is 0.933. The summed E-state index contributed by atoms with van der Waals surface area (Å²) in [6.45, 7) is -0.398. The van der Waals surface area contributed by atoms with Gasteiger partial charge in [-0.25, -0.2) is 0 Å². The number of unbranched alkanes of at least 4 members (excludes halogenated alkanes) is 5. The first-order valence-electron chi connectivity index (χ1n) is 7.99. The van der Waals surface area contributed by atoms with Gasteiger partial charge in [0.1, 0.15) is 24.4 Å². The molecule has 130 valence electrons. The summed E-state index contributed by atoms with van der Waals surface area (Å²) < 4.78 is 5.43. The highest BCUT2D eigenvalue weighted by Gasteiger charge is 2.42. The Labute approximate surface area is 130 Å². The minimum atomic E-state index is -1.30. The summed E-state index contributed by atoms with van der Waals surface area (Å²) in [5, 5.41) is 46.8. The zero-order valence-corrected chi connectivity index (χ0v) is 12.8. The third kappa shape index (κ3) is 6.18. The van der Waals surface area contributed by atoms with Gasteiger partial charge in [-0.2, -0.15) is 0 Å². The van der Waals surface area contributed by atoms with Gasteiger partial charge < -0.3 is 30.3 Å². The molecule has 1 aliphatic heterocycles. The summed E-state index contributed by atoms with van der Waals surface area (Å²) in [7, 11) is 0. The Bertz CT molecular complexity index is 321. The number of carboxylic acid groups (broad SMARTS) is 1. The fourth-order valence-electron chi connectivity index (χ4n) is 2.75. The van der Waals surface area contributed by atoms with Crippen molar-refractivity contribution >= 4 is 5.97 Å². The maximum Gasteiger partial charge on any atom is 0.303 e. The molecule has 5 N–H and O–H groups in total. The number of hydrogen-bond donors (Lipinski definition) is 5. The molecule has 0 saturated carbocycles. The third-order valence-electron chi connectivity index (χ3n) is 4.12. The number of aliphatic carboxylic acids is 1. The van der Waals surface area contributed by atoms with Gasteiger partial charge in [-0.15, -0.1) is 0 Å². The normalized spacial score (nSPS) is 32.1. The molecule has 0 aromatic heterocycles. The van der Waals surface area contributed by atoms with Crippen molar-refractivity contribution in [2.75, 3.05) is 6.61 Å². The summed E-state index contributed by atoms with van der Waals surface area (Å²) in [4.78, 5) is 10.3. The van der Waals surface area contributed by atoms with Gasteiger partial charge >= 0.3 is 5.97 Å². The molecule has 1 saturated heterocycles. The standard InChI is InChI=1S/C15H28O7/c16-9-11-14(20)15(21)13(19)10(22-11)7-5-3-1-2-4-6-8-12(17)18/h10-11,13-16,19-21H,1-9H2,(H,17,18)/t10-,11+,13-,14+,15+/m0/s1. The number of rotatable bonds is 10. The van der Waals surface area contributed by atoms with E-state index >= 15 is 0 Å². The van der Waals surface area contributed by atoms with E-state index in [-0.39, 0.29) is 6.42 Å². The third-order valence-corrected chi connectivity index (χ3v) is 4.12. The molecule has 7 heteroatoms. The van der Waals surface area contributed by atoms with Crippen LogP contribution in [0, 0.1) is 0 Å². The number of aliphatic hydroxyl groups is 4. The molecule has 1 fully saturated rings. The Morgan fingerprint density at radius 3 is 1.95 bits per heavy atom. The second-order valence-corrected chi connectivity index (χ2v) is 5.92. The lowest BCUT2D eigenvalue weighted by atomic mass is 9.92. The minimum absolute atomic E-state index is 0.213. The highest BCUT2D eigenvalue weighted by atomic mass is 16.5. The molecule has 0 amide bonds. The Morgan fingerprint density at radius 1 is 0.818 bits per heavy atom. The van der Waals surface area contributed by atoms with Crippen molar-refractivity contribution in [2.24, 2.45) is 0 Å². The van der Waals surface area contributed by atoms with E-state index in [0.717, 1.165) is 32.1 Å². The van der Waals surface area contributed by atoms with Crippen molar-refractivity contribution in [3.63, 3.8) is 0 Å². The van der Waals surface area contributed by atoms with Crippen molar-refractivity contribution in [3.8, 4) is 0 Å². The maximum atomic E-state index is 10.3. The van der Waals surface area contributed by atoms with Gasteiger partial charge in [-0.05, 0) is 12.8 Å². The van der Waals surface area contributed by atoms with E-state index in [1.165, 1.54) is 0 Å². The van der Waals surface area contributed by atoms with Crippen molar-refractivity contribution in [2.45, 2.75) is 81.9 Å². The SMILES string of the molecule is O=C(O)CCCCCCCC[C@@H]1O[C@H](CO)[C@@H](O)[C@H](O)[C@H]1O. The van der Waals surface area contributed by atoms with Gasteiger partial charge in [0, 0.05) is 6.42 Å². The van der Waals surface area contributed by atoms with Gasteiger partial charge in [-0.1, -0.05) is 32.1 Å². The quantitative estimate of drug-likeness (QED) is 0.359. The average Bonchev–Trinajstić information content (AvgIpc) is 2.49. The summed E-state index contributed by atoms with van der Waals surface area (Å²) in [5.74, 6) is -0.761. The van der Waals surface area contributed by atoms with Crippen LogP contribution in [0.2, 0.25) is 0 Å². The van der Waals surface area contributed by atoms with E-state index < -0.39 is 43.1 Å². The van der Waals surface area contributed by atoms with E-state index in [4.69, 9.17) is 14.9 Å². The molecule has 1 rings (SSSR count). The van der Waals surface area contributed by atoms with Crippen LogP contribution in [0.3, 0.4) is 0 Å². The van der Waals surface area contributed by atoms with Crippen molar-refractivity contribution in [3.05, 3.63) is 0 Å². The highest BCUT2D eigenvalue weighted by molar-refractivity contribution is 5.66. The molecule has 0 aromatic rings. The zero-order valence-electron chi connectivity index (χ0n) is 12.8. The van der Waals surface area contributed by atoms with E-state index in [2.05, 4.69) is 0 Å². The van der Waals surface area contributed by atoms with Crippen molar-refractivity contribution in [1.82, 2.24) is 0 Å². The molecule has 1 aliphatic rings. The monoisotopic (exact) mass is 320 g/mol. The van der Waals surface area contributed by atoms with Crippen molar-refractivity contribution in [1.29, 1.82) is 0 Å². The molecule has 0 spiro atoms. The lowest BCUT2D eigenvalue weighted by molar-refractivity contribution is -0.230. The predicted octanol–water partition coefficient (Wildman–Crippen LogP) is 0.0342. The summed E-state index contributed by atoms with van der Waals surface area (Å²) in [5.41, 5.74) is 0. The molecule has 5 atom stereocenters. The van der Waals surface area contributed by atoms with Crippen LogP contribution < -0.4 is 0 Å². The minimum Gasteiger partial charge on any atom is -0.481 e. The van der Waals surface area contributed by atoms with E-state index in [1.807, 2.05) is 0 Å². The molecular formula is C15H28O7. The second-order valence-electron chi connectivity index (χ2n) is 5.92. The molecule has 0 bridgehead atoms. The fourth-order valence-corrected chi connectivity index (χ4v) is 2.75. The van der Waals surface area contributed by atoms with Crippen LogP contribution in [0.4, 0.5) is 0 Å². The molecule has 22 heavy (non-hydrogen) atoms. The second kappa shape index (κ2) is 10.1. The molecule has 0 unspecified atom stereocenters. The molecule has 1 heterocycles. The number of aliphatic hydroxyl groups excluding tert-OH is 4. The van der Waals surface area contributed by atoms with Gasteiger partial charge in [-0.3, -0.25) is 4.79 Å². The Balaban J connectivity index is 2.14. The van der Waals surface area contributed by atoms with Crippen LogP contribution in [-0.4, -0.2) is 68.6 Å². The Morgan fingerprint density at radius 2 is 1.36 bits per heavy atom. The first kappa shape index (κ1) is 19.3. The topological polar surface area (TPSA) is 127 Å². The Hall–Kier alpha value is -0.730. The lowest BCUT2D eigenvalue weighted by Crippen LogP contribution is -2.58. The molecule has 0 aliphatic carbocycles. The van der Waals surface area contributed by atoms with Gasteiger partial charge in [0.05, 0.1) is 12.7 Å². The van der Waals surface area contributed by atoms with Gasteiger partial charge in [0.2, 0.25) is 0 Å². The highest BCUT2D eigenvalue weighted by Crippen LogP contribution is 2.24. The molecule has 7 nitrogen and oxygen atoms in total. The van der Waals surface area contributed by atoms with Gasteiger partial charge in [0.25, 0.3) is 0 Å². The van der Waals surface area contributed by atoms with Crippen LogP contribution in [0.25, 0.3) is 0 Å². The van der Waals surface area contributed by atoms with Crippen LogP contribution in [-0.2, 0) is 9.53 Å². The number of carbonyl (C=O) groups is 1. The first-order chi connectivity index (χ1) is 10.5. The number of carboxylic acids is 1. The zero-order chi connectivity index (χ0) is 16.5. The van der Waals surface area contributed by atoms with Crippen molar-refractivity contribution < 1.29 is 35.1 Å². The van der Waals surface area contributed by atoms with Crippen LogP contribution in [0.15, 0.2) is 0 Å². The molecular weight excluding hydrogens is 292 g/mol. The summed E-state index contributed by atoms with van der Waals surface area (Å²) in [6.07, 6.45) is 0.895. The van der Waals surface area contributed by atoms with E-state index in [0.29, 0.717) is 12.8 Å². The summed E-state index contributed by atoms with van der Waals surface area (Å²) in [6, 6.07) is 0. The largest absolute Gasteiger partial charge is 0.481 e. The van der Waals surface area contributed by atoms with E-state index in [9.17, 15) is 20.1 Å². The maximum absolute atomic E-state index is 10.3. The van der Waals surface area contributed by atoms with Gasteiger partial charge in [0.15, 0.2) is 0 Å². The molecule has 0 aromatic carbocycles. The van der Waals surface area contributed by atoms with Crippen LogP contribution in [0.1, 0.15) is 51.4 Å². The van der Waals surface area contributed by atoms with E-state index in [1.54, 1.807) is 0 Å². The number of ether oxygens (including phenoxy) is 1. The number of hydrogen-bond acceptors (Lipinski definition) is 6. The van der Waals surface area contributed by atoms with Crippen LogP contribution >= 0.6 is 0 Å². The predicted molar refractivity (Wildman–Crippen MR) is 78.3 cm³/mol. The lowest BCUT2D eigenvalue weighted by Gasteiger charge is -2.40. The smallest absolute Gasteiger partial charge is 0.303 e. The van der Waals surface area contributed by atoms with Crippen LogP contribution in [0.5, 0.6) is 0 Å². The first-order valence-corrected chi connectivity index (χ1v) is 7.99.